The van der Waals surface area contributed by atoms with E-state index in [1.165, 1.54) is 38.5 Å². The van der Waals surface area contributed by atoms with Crippen LogP contribution < -0.4 is 0 Å². The predicted octanol–water partition coefficient (Wildman–Crippen LogP) is 3.26. The van der Waals surface area contributed by atoms with E-state index in [1.807, 2.05) is 13.0 Å². The van der Waals surface area contributed by atoms with E-state index >= 15 is 0 Å². The van der Waals surface area contributed by atoms with Gasteiger partial charge in [-0.15, -0.1) is 0 Å². The average molecular weight is 139 g/mol. The molecule has 0 heterocycles. The van der Waals surface area contributed by atoms with Crippen molar-refractivity contribution in [1.29, 1.82) is 5.26 Å². The number of nitrogens with zero attached hydrogens (tertiary/aromatic N) is 1. The molecule has 0 spiro atoms. The fourth-order valence-corrected chi connectivity index (χ4v) is 1.06. The summed E-state index contributed by atoms with van der Waals surface area (Å²) in [6.07, 6.45) is 9.62. The minimum absolute atomic E-state index is 0.625. The van der Waals surface area contributed by atoms with Crippen molar-refractivity contribution in [1.82, 2.24) is 0 Å². The van der Waals surface area contributed by atoms with E-state index in [-0.39, 0.29) is 0 Å². The third-order valence-electron chi connectivity index (χ3n) is 1.66. The predicted molar refractivity (Wildman–Crippen MR) is 43.6 cm³/mol. The molecule has 1 aliphatic carbocycles. The van der Waals surface area contributed by atoms with Gasteiger partial charge >= 0.3 is 0 Å². The van der Waals surface area contributed by atoms with Crippen molar-refractivity contribution in [2.75, 3.05) is 0 Å². The molecule has 0 N–H and O–H groups in total. The summed E-state index contributed by atoms with van der Waals surface area (Å²) >= 11 is 0. The Balaban J connectivity index is 0.000000180. The largest absolute Gasteiger partial charge is 0.198 e. The van der Waals surface area contributed by atoms with Crippen molar-refractivity contribution >= 4 is 0 Å². The van der Waals surface area contributed by atoms with Crippen LogP contribution in [0.2, 0.25) is 0 Å². The number of rotatable bonds is 0. The summed E-state index contributed by atoms with van der Waals surface area (Å²) in [6, 6.07) is 1.93. The van der Waals surface area contributed by atoms with Gasteiger partial charge in [0.15, 0.2) is 0 Å². The molecule has 1 nitrogen and oxygen atoms in total. The summed E-state index contributed by atoms with van der Waals surface area (Å²) < 4.78 is 0. The molecule has 1 rings (SSSR count). The van der Waals surface area contributed by atoms with Crippen LogP contribution in [0, 0.1) is 11.3 Å². The standard InChI is InChI=1S/C6H12.C3H5N/c1-2-4-6-5-3-1;1-2-3-4/h1-6H2;2H2,1H3. The van der Waals surface area contributed by atoms with Crippen molar-refractivity contribution in [3.63, 3.8) is 0 Å². The fraction of sp³-hybridized carbons (Fsp3) is 0.889. The minimum atomic E-state index is 0.625. The van der Waals surface area contributed by atoms with Gasteiger partial charge in [-0.1, -0.05) is 45.4 Å². The van der Waals surface area contributed by atoms with Crippen molar-refractivity contribution in [3.8, 4) is 6.07 Å². The molecule has 1 fully saturated rings. The van der Waals surface area contributed by atoms with Crippen LogP contribution in [-0.4, -0.2) is 0 Å². The first kappa shape index (κ1) is 9.49. The van der Waals surface area contributed by atoms with Crippen molar-refractivity contribution in [2.24, 2.45) is 0 Å². The monoisotopic (exact) mass is 139 g/mol. The molecule has 0 amide bonds. The lowest BCUT2D eigenvalue weighted by molar-refractivity contribution is 0.504. The fourth-order valence-electron chi connectivity index (χ4n) is 1.06. The zero-order chi connectivity index (χ0) is 7.66. The molecule has 0 aromatic heterocycles. The maximum Gasteiger partial charge on any atom is 0.0618 e. The molecule has 0 aliphatic heterocycles. The molecule has 58 valence electrons. The Morgan fingerprint density at radius 1 is 1.00 bits per heavy atom. The Bertz CT molecular complexity index is 75.9. The third kappa shape index (κ3) is 7.49. The molecule has 0 atom stereocenters. The van der Waals surface area contributed by atoms with E-state index < -0.39 is 0 Å². The maximum absolute atomic E-state index is 7.62. The first-order valence-corrected chi connectivity index (χ1v) is 4.28. The molecule has 0 aromatic rings. The molecule has 0 unspecified atom stereocenters. The first-order valence-electron chi connectivity index (χ1n) is 4.28. The van der Waals surface area contributed by atoms with Gasteiger partial charge in [0.1, 0.15) is 0 Å². The lowest BCUT2D eigenvalue weighted by Crippen LogP contribution is -1.85. The molecule has 1 saturated carbocycles. The Labute approximate surface area is 64.1 Å². The second kappa shape index (κ2) is 8.49. The Morgan fingerprint density at radius 2 is 1.20 bits per heavy atom. The summed E-state index contributed by atoms with van der Waals surface area (Å²) in [7, 11) is 0. The van der Waals surface area contributed by atoms with Gasteiger partial charge in [-0.05, 0) is 0 Å². The quantitative estimate of drug-likeness (QED) is 0.505. The van der Waals surface area contributed by atoms with Gasteiger partial charge in [0.2, 0.25) is 0 Å². The smallest absolute Gasteiger partial charge is 0.0618 e. The Kier molecular flexibility index (Phi) is 8.06. The van der Waals surface area contributed by atoms with Crippen molar-refractivity contribution < 1.29 is 0 Å². The van der Waals surface area contributed by atoms with E-state index in [9.17, 15) is 0 Å². The summed E-state index contributed by atoms with van der Waals surface area (Å²) in [5.74, 6) is 0. The number of hydrogen-bond donors (Lipinski definition) is 0. The first-order chi connectivity index (χ1) is 4.91. The molecule has 1 aliphatic rings. The second-order valence-electron chi connectivity index (χ2n) is 2.63. The van der Waals surface area contributed by atoms with E-state index in [1.54, 1.807) is 0 Å². The lowest BCUT2D eigenvalue weighted by Gasteiger charge is -2.05. The highest BCUT2D eigenvalue weighted by atomic mass is 14.2. The van der Waals surface area contributed by atoms with Crippen LogP contribution in [0.15, 0.2) is 0 Å². The van der Waals surface area contributed by atoms with E-state index in [0.29, 0.717) is 6.42 Å². The summed E-state index contributed by atoms with van der Waals surface area (Å²) in [5, 5.41) is 7.62. The van der Waals surface area contributed by atoms with Crippen LogP contribution in [0.4, 0.5) is 0 Å². The molecule has 0 radical (unpaired) electrons. The molecule has 0 saturated heterocycles. The molecular formula is C9H17N. The van der Waals surface area contributed by atoms with Crippen molar-refractivity contribution in [3.05, 3.63) is 0 Å². The van der Waals surface area contributed by atoms with Crippen LogP contribution in [0.5, 0.6) is 0 Å². The van der Waals surface area contributed by atoms with Gasteiger partial charge in [-0.2, -0.15) is 5.26 Å². The number of hydrogen-bond acceptors (Lipinski definition) is 1. The average Bonchev–Trinajstić information content (AvgIpc) is 2.08. The van der Waals surface area contributed by atoms with Crippen LogP contribution in [0.25, 0.3) is 0 Å². The van der Waals surface area contributed by atoms with Crippen LogP contribution in [0.3, 0.4) is 0 Å². The zero-order valence-corrected chi connectivity index (χ0v) is 6.90. The van der Waals surface area contributed by atoms with Gasteiger partial charge in [-0.25, -0.2) is 0 Å². The lowest BCUT2D eigenvalue weighted by atomic mass is 10.0. The maximum atomic E-state index is 7.62. The topological polar surface area (TPSA) is 23.8 Å². The SMILES string of the molecule is C1CCCCC1.CCC#N. The molecule has 1 heteroatoms. The minimum Gasteiger partial charge on any atom is -0.198 e. The van der Waals surface area contributed by atoms with Gasteiger partial charge in [0.05, 0.1) is 6.07 Å². The highest BCUT2D eigenvalue weighted by Crippen LogP contribution is 2.15. The van der Waals surface area contributed by atoms with Crippen LogP contribution in [0.1, 0.15) is 51.9 Å². The Hall–Kier alpha value is -0.510. The molecule has 0 aromatic carbocycles. The van der Waals surface area contributed by atoms with Gasteiger partial charge in [0, 0.05) is 6.42 Å². The van der Waals surface area contributed by atoms with Crippen LogP contribution >= 0.6 is 0 Å². The summed E-state index contributed by atoms with van der Waals surface area (Å²) in [6.45, 7) is 1.82. The summed E-state index contributed by atoms with van der Waals surface area (Å²) in [5.41, 5.74) is 0. The van der Waals surface area contributed by atoms with E-state index in [2.05, 4.69) is 0 Å². The van der Waals surface area contributed by atoms with E-state index in [0.717, 1.165) is 0 Å². The molecule has 0 bridgehead atoms. The molecule has 10 heavy (non-hydrogen) atoms. The van der Waals surface area contributed by atoms with Crippen LogP contribution in [-0.2, 0) is 0 Å². The number of nitriles is 1. The summed E-state index contributed by atoms with van der Waals surface area (Å²) in [4.78, 5) is 0. The normalized spacial score (nSPS) is 16.4. The molecular weight excluding hydrogens is 122 g/mol. The highest BCUT2D eigenvalue weighted by Gasteiger charge is 1.95. The second-order valence-corrected chi connectivity index (χ2v) is 2.63. The van der Waals surface area contributed by atoms with Gasteiger partial charge < -0.3 is 0 Å². The Morgan fingerprint density at radius 3 is 1.30 bits per heavy atom. The zero-order valence-electron chi connectivity index (χ0n) is 6.90. The van der Waals surface area contributed by atoms with Gasteiger partial charge in [0.25, 0.3) is 0 Å². The van der Waals surface area contributed by atoms with Gasteiger partial charge in [-0.3, -0.25) is 0 Å². The third-order valence-corrected chi connectivity index (χ3v) is 1.66. The van der Waals surface area contributed by atoms with Crippen molar-refractivity contribution in [2.45, 2.75) is 51.9 Å². The highest BCUT2D eigenvalue weighted by molar-refractivity contribution is 4.61. The van der Waals surface area contributed by atoms with E-state index in [4.69, 9.17) is 5.26 Å².